The third-order valence-corrected chi connectivity index (χ3v) is 2.98. The Morgan fingerprint density at radius 2 is 1.74 bits per heavy atom. The molecule has 5 nitrogen and oxygen atoms in total. The van der Waals surface area contributed by atoms with E-state index in [1.165, 1.54) is 6.26 Å². The SMILES string of the molecule is C[C@H](NC(=O)OC(C)(C)C)C(=O)O/C=C\[Si](C)(C)C. The first kappa shape index (κ1) is 17.7. The van der Waals surface area contributed by atoms with Crippen LogP contribution in [0.4, 0.5) is 4.79 Å². The molecule has 0 saturated carbocycles. The lowest BCUT2D eigenvalue weighted by molar-refractivity contribution is -0.139. The van der Waals surface area contributed by atoms with Gasteiger partial charge in [0, 0.05) is 0 Å². The molecule has 0 aromatic heterocycles. The molecular formula is C13H25NO4Si. The summed E-state index contributed by atoms with van der Waals surface area (Å²) in [6.07, 6.45) is 0.771. The van der Waals surface area contributed by atoms with E-state index in [-0.39, 0.29) is 0 Å². The fourth-order valence-electron chi connectivity index (χ4n) is 0.951. The zero-order valence-corrected chi connectivity index (χ0v) is 13.9. The van der Waals surface area contributed by atoms with E-state index in [0.29, 0.717) is 0 Å². The van der Waals surface area contributed by atoms with Crippen LogP contribution in [-0.2, 0) is 14.3 Å². The smallest absolute Gasteiger partial charge is 0.408 e. The number of hydrogen-bond acceptors (Lipinski definition) is 4. The van der Waals surface area contributed by atoms with Crippen LogP contribution < -0.4 is 5.32 Å². The van der Waals surface area contributed by atoms with Gasteiger partial charge in [0.1, 0.15) is 11.6 Å². The van der Waals surface area contributed by atoms with Crippen LogP contribution >= 0.6 is 0 Å². The average molecular weight is 287 g/mol. The maximum absolute atomic E-state index is 11.6. The third-order valence-electron chi connectivity index (χ3n) is 1.84. The molecule has 0 aliphatic heterocycles. The third kappa shape index (κ3) is 10.3. The van der Waals surface area contributed by atoms with E-state index in [1.807, 2.05) is 5.70 Å². The number of amides is 1. The van der Waals surface area contributed by atoms with E-state index in [0.717, 1.165) is 0 Å². The number of alkyl carbamates (subject to hydrolysis) is 1. The molecule has 0 spiro atoms. The van der Waals surface area contributed by atoms with Crippen molar-refractivity contribution in [1.29, 1.82) is 0 Å². The van der Waals surface area contributed by atoms with E-state index in [1.54, 1.807) is 27.7 Å². The molecular weight excluding hydrogens is 262 g/mol. The van der Waals surface area contributed by atoms with Crippen LogP contribution in [0.5, 0.6) is 0 Å². The van der Waals surface area contributed by atoms with Gasteiger partial charge >= 0.3 is 12.1 Å². The van der Waals surface area contributed by atoms with E-state index in [2.05, 4.69) is 25.0 Å². The molecule has 6 heteroatoms. The summed E-state index contributed by atoms with van der Waals surface area (Å²) in [5, 5.41) is 2.43. The van der Waals surface area contributed by atoms with Crippen molar-refractivity contribution in [2.75, 3.05) is 0 Å². The first-order valence-corrected chi connectivity index (χ1v) is 9.86. The predicted octanol–water partition coefficient (Wildman–Crippen LogP) is 2.83. The molecule has 0 aromatic rings. The normalized spacial score (nSPS) is 14.1. The van der Waals surface area contributed by atoms with Crippen LogP contribution in [0.1, 0.15) is 27.7 Å². The van der Waals surface area contributed by atoms with Crippen molar-refractivity contribution in [3.05, 3.63) is 12.0 Å². The number of carbonyl (C=O) groups excluding carboxylic acids is 2. The average Bonchev–Trinajstić information content (AvgIpc) is 2.11. The molecule has 19 heavy (non-hydrogen) atoms. The lowest BCUT2D eigenvalue weighted by Gasteiger charge is -2.21. The standard InChI is InChI=1S/C13H25NO4Si/c1-10(14-12(16)18-13(2,3)4)11(15)17-8-9-19(5,6)7/h8-10H,1-7H3,(H,14,16)/b9-8-/t10-/m0/s1. The Morgan fingerprint density at radius 1 is 1.21 bits per heavy atom. The van der Waals surface area contributed by atoms with Crippen LogP contribution in [0, 0.1) is 0 Å². The molecule has 1 amide bonds. The van der Waals surface area contributed by atoms with Crippen molar-refractivity contribution in [2.45, 2.75) is 59.0 Å². The molecule has 1 atom stereocenters. The lowest BCUT2D eigenvalue weighted by atomic mass is 10.2. The van der Waals surface area contributed by atoms with Crippen LogP contribution in [-0.4, -0.2) is 31.8 Å². The van der Waals surface area contributed by atoms with Crippen molar-refractivity contribution in [3.8, 4) is 0 Å². The number of ether oxygens (including phenoxy) is 2. The van der Waals surface area contributed by atoms with Gasteiger partial charge in [-0.3, -0.25) is 0 Å². The zero-order valence-electron chi connectivity index (χ0n) is 12.9. The molecule has 0 radical (unpaired) electrons. The summed E-state index contributed by atoms with van der Waals surface area (Å²) in [6.45, 7) is 13.2. The van der Waals surface area contributed by atoms with Crippen molar-refractivity contribution >= 4 is 20.1 Å². The summed E-state index contributed by atoms with van der Waals surface area (Å²) in [5.41, 5.74) is 1.32. The van der Waals surface area contributed by atoms with Gasteiger partial charge in [0.25, 0.3) is 0 Å². The number of esters is 1. The van der Waals surface area contributed by atoms with E-state index in [9.17, 15) is 9.59 Å². The fraction of sp³-hybridized carbons (Fsp3) is 0.692. The number of rotatable bonds is 4. The first-order valence-electron chi connectivity index (χ1n) is 6.28. The summed E-state index contributed by atoms with van der Waals surface area (Å²) >= 11 is 0. The Balaban J connectivity index is 4.22. The summed E-state index contributed by atoms with van der Waals surface area (Å²) in [7, 11) is -1.39. The molecule has 0 saturated heterocycles. The van der Waals surface area contributed by atoms with Gasteiger partial charge in [-0.25, -0.2) is 9.59 Å². The highest BCUT2D eigenvalue weighted by Crippen LogP contribution is 2.07. The van der Waals surface area contributed by atoms with Crippen LogP contribution in [0.15, 0.2) is 12.0 Å². The van der Waals surface area contributed by atoms with Gasteiger partial charge in [-0.05, 0) is 27.7 Å². The Kier molecular flexibility index (Phi) is 6.28. The fourth-order valence-corrected chi connectivity index (χ4v) is 1.43. The van der Waals surface area contributed by atoms with Gasteiger partial charge in [-0.1, -0.05) is 25.3 Å². The van der Waals surface area contributed by atoms with Crippen molar-refractivity contribution < 1.29 is 19.1 Å². The summed E-state index contributed by atoms with van der Waals surface area (Å²) in [4.78, 5) is 23.1. The molecule has 0 fully saturated rings. The molecule has 1 N–H and O–H groups in total. The lowest BCUT2D eigenvalue weighted by Crippen LogP contribution is -2.42. The van der Waals surface area contributed by atoms with Crippen LogP contribution in [0.3, 0.4) is 0 Å². The quantitative estimate of drug-likeness (QED) is 0.490. The molecule has 0 rings (SSSR count). The highest BCUT2D eigenvalue weighted by atomic mass is 28.3. The van der Waals surface area contributed by atoms with Gasteiger partial charge in [0.15, 0.2) is 0 Å². The van der Waals surface area contributed by atoms with E-state index in [4.69, 9.17) is 9.47 Å². The van der Waals surface area contributed by atoms with E-state index < -0.39 is 31.8 Å². The summed E-state index contributed by atoms with van der Waals surface area (Å²) in [6, 6.07) is -0.749. The Labute approximate surface area is 116 Å². The summed E-state index contributed by atoms with van der Waals surface area (Å²) < 4.78 is 10.0. The van der Waals surface area contributed by atoms with Crippen LogP contribution in [0.2, 0.25) is 19.6 Å². The van der Waals surface area contributed by atoms with Crippen molar-refractivity contribution in [2.24, 2.45) is 0 Å². The van der Waals surface area contributed by atoms with Crippen LogP contribution in [0.25, 0.3) is 0 Å². The van der Waals surface area contributed by atoms with Crippen molar-refractivity contribution in [3.63, 3.8) is 0 Å². The highest BCUT2D eigenvalue weighted by molar-refractivity contribution is 6.80. The number of hydrogen-bond donors (Lipinski definition) is 1. The van der Waals surface area contributed by atoms with E-state index >= 15 is 0 Å². The molecule has 110 valence electrons. The maximum atomic E-state index is 11.6. The molecule has 0 bridgehead atoms. The maximum Gasteiger partial charge on any atom is 0.408 e. The molecule has 0 heterocycles. The first-order chi connectivity index (χ1) is 8.41. The minimum absolute atomic E-state index is 0.514. The van der Waals surface area contributed by atoms with Gasteiger partial charge < -0.3 is 14.8 Å². The Hall–Kier alpha value is -1.30. The van der Waals surface area contributed by atoms with Gasteiger partial charge in [0.2, 0.25) is 0 Å². The second-order valence-corrected chi connectivity index (χ2v) is 11.5. The highest BCUT2D eigenvalue weighted by Gasteiger charge is 2.21. The predicted molar refractivity (Wildman–Crippen MR) is 77.4 cm³/mol. The largest absolute Gasteiger partial charge is 0.444 e. The topological polar surface area (TPSA) is 64.6 Å². The molecule has 0 unspecified atom stereocenters. The number of nitrogens with one attached hydrogen (secondary N) is 1. The minimum atomic E-state index is -1.39. The summed E-state index contributed by atoms with van der Waals surface area (Å²) in [5.74, 6) is -0.514. The molecule has 0 aliphatic rings. The number of carbonyl (C=O) groups is 2. The zero-order chi connectivity index (χ0) is 15.3. The second kappa shape index (κ2) is 6.74. The Morgan fingerprint density at radius 3 is 2.16 bits per heavy atom. The minimum Gasteiger partial charge on any atom is -0.444 e. The molecule has 0 aromatic carbocycles. The second-order valence-electron chi connectivity index (χ2n) is 6.47. The molecule has 0 aliphatic carbocycles. The van der Waals surface area contributed by atoms with Gasteiger partial charge in [0.05, 0.1) is 14.3 Å². The Bertz CT molecular complexity index is 353. The van der Waals surface area contributed by atoms with Crippen molar-refractivity contribution in [1.82, 2.24) is 5.32 Å². The van der Waals surface area contributed by atoms with Gasteiger partial charge in [-0.15, -0.1) is 0 Å². The van der Waals surface area contributed by atoms with Gasteiger partial charge in [-0.2, -0.15) is 0 Å². The monoisotopic (exact) mass is 287 g/mol.